The van der Waals surface area contributed by atoms with Crippen LogP contribution in [0.25, 0.3) is 0 Å². The van der Waals surface area contributed by atoms with E-state index in [4.69, 9.17) is 4.18 Å². The third-order valence-corrected chi connectivity index (χ3v) is 5.14. The number of nitrogens with zero attached hydrogens (tertiary/aromatic N) is 6. The highest BCUT2D eigenvalue weighted by Crippen LogP contribution is 2.20. The van der Waals surface area contributed by atoms with Gasteiger partial charge >= 0.3 is 0 Å². The molecular formula is C11H14N6O4S. The van der Waals surface area contributed by atoms with Crippen LogP contribution in [0.5, 0.6) is 0 Å². The summed E-state index contributed by atoms with van der Waals surface area (Å²) in [7, 11) is -3.52. The van der Waals surface area contributed by atoms with E-state index in [0.29, 0.717) is 18.5 Å². The van der Waals surface area contributed by atoms with Gasteiger partial charge in [-0.15, -0.1) is 10.0 Å². The van der Waals surface area contributed by atoms with Crippen molar-refractivity contribution in [3.63, 3.8) is 0 Å². The molecule has 1 aliphatic heterocycles. The number of hydrogen-bond donors (Lipinski definition) is 0. The minimum Gasteiger partial charge on any atom is -0.293 e. The smallest absolute Gasteiger partial charge is 0.273 e. The summed E-state index contributed by atoms with van der Waals surface area (Å²) in [5.41, 5.74) is 0.555. The molecule has 11 heteroatoms. The first kappa shape index (κ1) is 14.8. The molecule has 0 N–H and O–H groups in total. The Balaban J connectivity index is 1.70. The number of imidazole rings is 1. The second-order valence-electron chi connectivity index (χ2n) is 4.96. The van der Waals surface area contributed by atoms with Crippen LogP contribution in [-0.4, -0.2) is 44.8 Å². The summed E-state index contributed by atoms with van der Waals surface area (Å²) < 4.78 is 31.4. The van der Waals surface area contributed by atoms with E-state index in [9.17, 15) is 13.3 Å². The third-order valence-electron chi connectivity index (χ3n) is 3.42. The zero-order valence-corrected chi connectivity index (χ0v) is 12.4. The van der Waals surface area contributed by atoms with E-state index in [1.54, 1.807) is 12.4 Å². The van der Waals surface area contributed by atoms with Crippen LogP contribution in [0.3, 0.4) is 0 Å². The second kappa shape index (κ2) is 5.93. The Bertz CT molecular complexity index is 767. The van der Waals surface area contributed by atoms with Gasteiger partial charge in [0.2, 0.25) is 0 Å². The molecule has 0 aromatic carbocycles. The maximum absolute atomic E-state index is 11.8. The molecular weight excluding hydrogens is 312 g/mol. The molecule has 3 heterocycles. The highest BCUT2D eigenvalue weighted by atomic mass is 32.2. The van der Waals surface area contributed by atoms with Crippen LogP contribution in [0.2, 0.25) is 0 Å². The van der Waals surface area contributed by atoms with Crippen molar-refractivity contribution in [2.24, 2.45) is 5.18 Å². The van der Waals surface area contributed by atoms with Crippen LogP contribution in [0.15, 0.2) is 23.8 Å². The Morgan fingerprint density at radius 3 is 3.09 bits per heavy atom. The van der Waals surface area contributed by atoms with Gasteiger partial charge in [-0.2, -0.15) is 8.42 Å². The Kier molecular flexibility index (Phi) is 3.98. The number of aromatic nitrogens is 5. The fraction of sp³-hybridized carbons (Fsp3) is 0.545. The molecule has 3 rings (SSSR count). The maximum Gasteiger partial charge on any atom is 0.273 e. The van der Waals surface area contributed by atoms with E-state index < -0.39 is 15.4 Å². The van der Waals surface area contributed by atoms with Crippen molar-refractivity contribution in [2.75, 3.05) is 6.61 Å². The monoisotopic (exact) mass is 326 g/mol. The molecule has 118 valence electrons. The molecule has 0 bridgehead atoms. The second-order valence-corrected chi connectivity index (χ2v) is 6.85. The van der Waals surface area contributed by atoms with Crippen LogP contribution < -0.4 is 0 Å². The predicted octanol–water partition coefficient (Wildman–Crippen LogP) is 0.430. The van der Waals surface area contributed by atoms with Crippen LogP contribution in [0, 0.1) is 4.91 Å². The van der Waals surface area contributed by atoms with Gasteiger partial charge in [0.15, 0.2) is 0 Å². The molecule has 1 fully saturated rings. The highest BCUT2D eigenvalue weighted by Gasteiger charge is 2.30. The standard InChI is InChI=1S/C11H14N6O4S/c18-14-11-12-3-4-16(11)8-17-7-9(13-15-17)6-10-2-1-5-21-22(10,19)20/h3-4,7,10H,1-2,5-6,8H2. The lowest BCUT2D eigenvalue weighted by Gasteiger charge is -2.20. The number of hydrogen-bond acceptors (Lipinski definition) is 8. The summed E-state index contributed by atoms with van der Waals surface area (Å²) >= 11 is 0. The molecule has 0 spiro atoms. The van der Waals surface area contributed by atoms with Gasteiger partial charge in [-0.25, -0.2) is 9.67 Å². The lowest BCUT2D eigenvalue weighted by atomic mass is 10.1. The number of nitroso groups, excluding NO2 is 1. The van der Waals surface area contributed by atoms with Crippen molar-refractivity contribution < 1.29 is 12.6 Å². The van der Waals surface area contributed by atoms with Gasteiger partial charge in [0.1, 0.15) is 6.67 Å². The van der Waals surface area contributed by atoms with Crippen LogP contribution in [0.1, 0.15) is 18.5 Å². The van der Waals surface area contributed by atoms with Gasteiger partial charge in [-0.1, -0.05) is 5.21 Å². The zero-order chi connectivity index (χ0) is 15.6. The summed E-state index contributed by atoms with van der Waals surface area (Å²) in [4.78, 5) is 14.3. The molecule has 0 aliphatic carbocycles. The van der Waals surface area contributed by atoms with Gasteiger partial charge in [-0.3, -0.25) is 8.75 Å². The molecule has 0 saturated carbocycles. The summed E-state index contributed by atoms with van der Waals surface area (Å²) in [5, 5.41) is 10.1. The summed E-state index contributed by atoms with van der Waals surface area (Å²) in [6.07, 6.45) is 6.21. The molecule has 2 aromatic rings. The quantitative estimate of drug-likeness (QED) is 0.577. The molecule has 1 saturated heterocycles. The average molecular weight is 326 g/mol. The fourth-order valence-electron chi connectivity index (χ4n) is 2.33. The minimum absolute atomic E-state index is 0.0420. The van der Waals surface area contributed by atoms with Crippen molar-refractivity contribution in [1.82, 2.24) is 24.5 Å². The Morgan fingerprint density at radius 1 is 1.45 bits per heavy atom. The minimum atomic E-state index is -3.52. The van der Waals surface area contributed by atoms with E-state index in [-0.39, 0.29) is 25.6 Å². The molecule has 22 heavy (non-hydrogen) atoms. The van der Waals surface area contributed by atoms with Crippen molar-refractivity contribution in [2.45, 2.75) is 31.2 Å². The largest absolute Gasteiger partial charge is 0.293 e. The maximum atomic E-state index is 11.8. The normalized spacial score (nSPS) is 20.8. The van der Waals surface area contributed by atoms with Crippen molar-refractivity contribution in [3.05, 3.63) is 29.2 Å². The van der Waals surface area contributed by atoms with E-state index in [1.807, 2.05) is 0 Å². The molecule has 0 amide bonds. The zero-order valence-electron chi connectivity index (χ0n) is 11.6. The molecule has 1 unspecified atom stereocenters. The first-order valence-electron chi connectivity index (χ1n) is 6.70. The van der Waals surface area contributed by atoms with Gasteiger partial charge in [0, 0.05) is 24.0 Å². The highest BCUT2D eigenvalue weighted by molar-refractivity contribution is 7.87. The molecule has 1 atom stereocenters. The molecule has 2 aromatic heterocycles. The Labute approximate surface area is 126 Å². The van der Waals surface area contributed by atoms with E-state index >= 15 is 0 Å². The van der Waals surface area contributed by atoms with Crippen molar-refractivity contribution in [1.29, 1.82) is 0 Å². The van der Waals surface area contributed by atoms with E-state index in [0.717, 1.165) is 0 Å². The Morgan fingerprint density at radius 2 is 2.32 bits per heavy atom. The Hall–Kier alpha value is -2.14. The fourth-order valence-corrected chi connectivity index (χ4v) is 3.70. The van der Waals surface area contributed by atoms with Gasteiger partial charge in [-0.05, 0) is 12.8 Å². The van der Waals surface area contributed by atoms with Gasteiger partial charge in [0.25, 0.3) is 16.1 Å². The molecule has 1 aliphatic rings. The van der Waals surface area contributed by atoms with Crippen LogP contribution >= 0.6 is 0 Å². The van der Waals surface area contributed by atoms with Gasteiger partial charge < -0.3 is 0 Å². The summed E-state index contributed by atoms with van der Waals surface area (Å²) in [6, 6.07) is 0. The average Bonchev–Trinajstić information content (AvgIpc) is 3.11. The lowest BCUT2D eigenvalue weighted by Crippen LogP contribution is -2.30. The molecule has 10 nitrogen and oxygen atoms in total. The van der Waals surface area contributed by atoms with E-state index in [1.165, 1.54) is 15.4 Å². The third kappa shape index (κ3) is 3.04. The number of rotatable bonds is 5. The van der Waals surface area contributed by atoms with Gasteiger partial charge in [0.05, 0.1) is 23.7 Å². The first-order valence-corrected chi connectivity index (χ1v) is 8.17. The van der Waals surface area contributed by atoms with Crippen molar-refractivity contribution >= 4 is 16.1 Å². The van der Waals surface area contributed by atoms with Crippen LogP contribution in [-0.2, 0) is 27.4 Å². The SMILES string of the molecule is O=Nc1nccn1Cn1cc(CC2CCCOS2(=O)=O)nn1. The van der Waals surface area contributed by atoms with Crippen LogP contribution in [0.4, 0.5) is 5.95 Å². The predicted molar refractivity (Wildman–Crippen MR) is 74.7 cm³/mol. The lowest BCUT2D eigenvalue weighted by molar-refractivity contribution is 0.274. The van der Waals surface area contributed by atoms with E-state index in [2.05, 4.69) is 20.5 Å². The summed E-state index contributed by atoms with van der Waals surface area (Å²) in [6.45, 7) is 0.468. The van der Waals surface area contributed by atoms with Crippen molar-refractivity contribution in [3.8, 4) is 0 Å². The molecule has 0 radical (unpaired) electrons. The first-order chi connectivity index (χ1) is 10.6. The summed E-state index contributed by atoms with van der Waals surface area (Å²) in [5.74, 6) is 0.0420. The topological polar surface area (TPSA) is 121 Å².